The Balaban J connectivity index is 2.29. The van der Waals surface area contributed by atoms with Crippen molar-refractivity contribution in [2.75, 3.05) is 11.9 Å². The van der Waals surface area contributed by atoms with E-state index in [1.165, 1.54) is 28.6 Å². The molecular weight excluding hydrogens is 321 g/mol. The van der Waals surface area contributed by atoms with Crippen molar-refractivity contribution in [1.82, 2.24) is 4.31 Å². The van der Waals surface area contributed by atoms with Crippen molar-refractivity contribution in [2.45, 2.75) is 30.2 Å². The highest BCUT2D eigenvalue weighted by atomic mass is 79.9. The van der Waals surface area contributed by atoms with E-state index in [2.05, 4.69) is 15.9 Å². The minimum absolute atomic E-state index is 0.0950. The number of hydrogen-bond acceptors (Lipinski definition) is 2. The Labute approximate surface area is 115 Å². The summed E-state index contributed by atoms with van der Waals surface area (Å²) in [5.74, 6) is -0.426. The van der Waals surface area contributed by atoms with Gasteiger partial charge in [-0.25, -0.2) is 12.8 Å². The second kappa shape index (κ2) is 5.67. The second-order valence-corrected chi connectivity index (χ2v) is 7.03. The Hall–Kier alpha value is -0.460. The third-order valence-corrected chi connectivity index (χ3v) is 5.53. The average molecular weight is 336 g/mol. The van der Waals surface area contributed by atoms with Gasteiger partial charge in [-0.05, 0) is 37.1 Å². The molecule has 1 aliphatic rings. The van der Waals surface area contributed by atoms with Crippen LogP contribution in [0.5, 0.6) is 0 Å². The monoisotopic (exact) mass is 335 g/mol. The predicted octanol–water partition coefficient (Wildman–Crippen LogP) is 2.76. The normalized spacial score (nSPS) is 16.8. The lowest BCUT2D eigenvalue weighted by molar-refractivity contribution is 0.228. The molecule has 0 unspecified atom stereocenters. The van der Waals surface area contributed by atoms with Crippen LogP contribution in [0.25, 0.3) is 0 Å². The number of hydrogen-bond donors (Lipinski definition) is 0. The molecule has 0 saturated heterocycles. The maximum Gasteiger partial charge on any atom is 0.243 e. The maximum atomic E-state index is 12.8. The number of nitrogens with zero attached hydrogens (tertiary/aromatic N) is 1. The highest BCUT2D eigenvalue weighted by Gasteiger charge is 2.34. The van der Waals surface area contributed by atoms with Crippen LogP contribution in [0.3, 0.4) is 0 Å². The maximum absolute atomic E-state index is 12.8. The first-order valence-corrected chi connectivity index (χ1v) is 8.45. The summed E-state index contributed by atoms with van der Waals surface area (Å²) in [5, 5.41) is 0.601. The molecule has 18 heavy (non-hydrogen) atoms. The van der Waals surface area contributed by atoms with Crippen molar-refractivity contribution in [3.8, 4) is 0 Å². The van der Waals surface area contributed by atoms with Crippen LogP contribution >= 0.6 is 15.9 Å². The Bertz CT molecular complexity index is 499. The van der Waals surface area contributed by atoms with E-state index in [0.717, 1.165) is 19.3 Å². The first-order chi connectivity index (χ1) is 8.55. The summed E-state index contributed by atoms with van der Waals surface area (Å²) in [6.07, 6.45) is 2.89. The topological polar surface area (TPSA) is 37.4 Å². The molecule has 0 atom stereocenters. The third kappa shape index (κ3) is 2.75. The fourth-order valence-corrected chi connectivity index (χ4v) is 4.30. The molecule has 2 rings (SSSR count). The Kier molecular flexibility index (Phi) is 4.40. The van der Waals surface area contributed by atoms with Crippen LogP contribution in [-0.4, -0.2) is 30.6 Å². The van der Waals surface area contributed by atoms with Gasteiger partial charge in [0.15, 0.2) is 0 Å². The quantitative estimate of drug-likeness (QED) is 0.776. The standard InChI is InChI=1S/C12H15BrFNO2S/c13-8-9-15(11-2-1-3-11)18(16,17)12-6-4-10(14)5-7-12/h4-7,11H,1-3,8-9H2. The fraction of sp³-hybridized carbons (Fsp3) is 0.500. The molecule has 6 heteroatoms. The summed E-state index contributed by atoms with van der Waals surface area (Å²) in [6, 6.07) is 5.10. The summed E-state index contributed by atoms with van der Waals surface area (Å²) < 4.78 is 39.3. The van der Waals surface area contributed by atoms with E-state index in [-0.39, 0.29) is 10.9 Å². The molecule has 0 heterocycles. The highest BCUT2D eigenvalue weighted by molar-refractivity contribution is 9.09. The molecule has 1 aliphatic carbocycles. The van der Waals surface area contributed by atoms with Gasteiger partial charge in [-0.3, -0.25) is 0 Å². The van der Waals surface area contributed by atoms with Crippen LogP contribution in [0.1, 0.15) is 19.3 Å². The molecule has 1 aromatic rings. The first-order valence-electron chi connectivity index (χ1n) is 5.89. The van der Waals surface area contributed by atoms with Crippen molar-refractivity contribution >= 4 is 26.0 Å². The van der Waals surface area contributed by atoms with Crippen LogP contribution in [0.2, 0.25) is 0 Å². The van der Waals surface area contributed by atoms with Gasteiger partial charge in [0.25, 0.3) is 0 Å². The molecule has 0 bridgehead atoms. The summed E-state index contributed by atoms with van der Waals surface area (Å²) in [4.78, 5) is 0.164. The van der Waals surface area contributed by atoms with Crippen molar-refractivity contribution in [2.24, 2.45) is 0 Å². The van der Waals surface area contributed by atoms with Crippen LogP contribution < -0.4 is 0 Å². The van der Waals surface area contributed by atoms with E-state index < -0.39 is 15.8 Å². The molecule has 1 fully saturated rings. The molecule has 0 aliphatic heterocycles. The molecule has 0 spiro atoms. The molecule has 3 nitrogen and oxygen atoms in total. The number of sulfonamides is 1. The number of alkyl halides is 1. The molecule has 1 saturated carbocycles. The number of halogens is 2. The van der Waals surface area contributed by atoms with Gasteiger partial charge < -0.3 is 0 Å². The van der Waals surface area contributed by atoms with Gasteiger partial charge in [0.2, 0.25) is 10.0 Å². The van der Waals surface area contributed by atoms with Crippen LogP contribution in [-0.2, 0) is 10.0 Å². The van der Waals surface area contributed by atoms with E-state index in [1.54, 1.807) is 0 Å². The Morgan fingerprint density at radius 1 is 1.28 bits per heavy atom. The van der Waals surface area contributed by atoms with Gasteiger partial charge >= 0.3 is 0 Å². The van der Waals surface area contributed by atoms with E-state index >= 15 is 0 Å². The molecular formula is C12H15BrFNO2S. The third-order valence-electron chi connectivity index (χ3n) is 3.21. The van der Waals surface area contributed by atoms with Crippen LogP contribution in [0.4, 0.5) is 4.39 Å². The van der Waals surface area contributed by atoms with Crippen molar-refractivity contribution in [3.05, 3.63) is 30.1 Å². The SMILES string of the molecule is O=S(=O)(c1ccc(F)cc1)N(CCBr)C1CCC1. The summed E-state index contributed by atoms with van der Waals surface area (Å²) >= 11 is 3.28. The zero-order chi connectivity index (χ0) is 13.2. The molecule has 0 amide bonds. The molecule has 0 N–H and O–H groups in total. The van der Waals surface area contributed by atoms with E-state index in [9.17, 15) is 12.8 Å². The number of rotatable bonds is 5. The summed E-state index contributed by atoms with van der Waals surface area (Å²) in [6.45, 7) is 0.449. The van der Waals surface area contributed by atoms with Gasteiger partial charge in [-0.1, -0.05) is 22.4 Å². The molecule has 1 aromatic carbocycles. The van der Waals surface area contributed by atoms with Gasteiger partial charge in [0.05, 0.1) is 4.90 Å². The Morgan fingerprint density at radius 3 is 2.33 bits per heavy atom. The number of benzene rings is 1. The zero-order valence-corrected chi connectivity index (χ0v) is 12.3. The van der Waals surface area contributed by atoms with E-state index in [1.807, 2.05) is 0 Å². The van der Waals surface area contributed by atoms with E-state index in [4.69, 9.17) is 0 Å². The van der Waals surface area contributed by atoms with Crippen molar-refractivity contribution in [1.29, 1.82) is 0 Å². The second-order valence-electron chi connectivity index (χ2n) is 4.34. The fourth-order valence-electron chi connectivity index (χ4n) is 2.00. The lowest BCUT2D eigenvalue weighted by Gasteiger charge is -2.36. The largest absolute Gasteiger partial charge is 0.243 e. The lowest BCUT2D eigenvalue weighted by atomic mass is 9.93. The molecule has 0 radical (unpaired) electrons. The van der Waals surface area contributed by atoms with Crippen LogP contribution in [0.15, 0.2) is 29.2 Å². The predicted molar refractivity (Wildman–Crippen MR) is 71.7 cm³/mol. The molecule has 100 valence electrons. The smallest absolute Gasteiger partial charge is 0.207 e. The average Bonchev–Trinajstić information content (AvgIpc) is 2.26. The van der Waals surface area contributed by atoms with Crippen molar-refractivity contribution in [3.63, 3.8) is 0 Å². The highest BCUT2D eigenvalue weighted by Crippen LogP contribution is 2.29. The van der Waals surface area contributed by atoms with Crippen LogP contribution in [0, 0.1) is 5.82 Å². The summed E-state index contributed by atoms with van der Waals surface area (Å²) in [7, 11) is -3.50. The van der Waals surface area contributed by atoms with Gasteiger partial charge in [-0.15, -0.1) is 0 Å². The van der Waals surface area contributed by atoms with Gasteiger partial charge in [0.1, 0.15) is 5.82 Å². The minimum Gasteiger partial charge on any atom is -0.207 e. The lowest BCUT2D eigenvalue weighted by Crippen LogP contribution is -2.45. The first kappa shape index (κ1) is 14.0. The van der Waals surface area contributed by atoms with E-state index in [0.29, 0.717) is 11.9 Å². The summed E-state index contributed by atoms with van der Waals surface area (Å²) in [5.41, 5.74) is 0. The van der Waals surface area contributed by atoms with Gasteiger partial charge in [0, 0.05) is 17.9 Å². The van der Waals surface area contributed by atoms with Gasteiger partial charge in [-0.2, -0.15) is 4.31 Å². The minimum atomic E-state index is -3.50. The van der Waals surface area contributed by atoms with Crippen molar-refractivity contribution < 1.29 is 12.8 Å². The Morgan fingerprint density at radius 2 is 1.89 bits per heavy atom. The molecule has 0 aromatic heterocycles. The zero-order valence-electron chi connectivity index (χ0n) is 9.85.